The second-order valence-electron chi connectivity index (χ2n) is 5.01. The molecule has 1 N–H and O–H groups in total. The van der Waals surface area contributed by atoms with E-state index in [0.29, 0.717) is 5.56 Å². The maximum Gasteiger partial charge on any atom is 0.329 e. The molecule has 0 aromatic heterocycles. The number of rotatable bonds is 6. The van der Waals surface area contributed by atoms with Crippen LogP contribution in [0.3, 0.4) is 0 Å². The zero-order valence-corrected chi connectivity index (χ0v) is 13.8. The summed E-state index contributed by atoms with van der Waals surface area (Å²) in [7, 11) is 0. The summed E-state index contributed by atoms with van der Waals surface area (Å²) in [6.07, 6.45) is 0. The Bertz CT molecular complexity index is 525. The van der Waals surface area contributed by atoms with E-state index < -0.39 is 12.0 Å². The van der Waals surface area contributed by atoms with Crippen molar-refractivity contribution in [3.63, 3.8) is 0 Å². The number of hydrogen-bond donors (Lipinski definition) is 1. The van der Waals surface area contributed by atoms with E-state index in [0.717, 1.165) is 4.47 Å². The van der Waals surface area contributed by atoms with E-state index in [4.69, 9.17) is 4.74 Å². The molecule has 0 radical (unpaired) electrons. The van der Waals surface area contributed by atoms with Crippen LogP contribution in [-0.2, 0) is 14.3 Å². The minimum atomic E-state index is -0.791. The van der Waals surface area contributed by atoms with Crippen LogP contribution in [0.1, 0.15) is 31.1 Å². The van der Waals surface area contributed by atoms with E-state index in [9.17, 15) is 14.4 Å². The predicted molar refractivity (Wildman–Crippen MR) is 81.9 cm³/mol. The number of amides is 1. The van der Waals surface area contributed by atoms with Gasteiger partial charge in [0, 0.05) is 10.0 Å². The molecule has 114 valence electrons. The molecule has 0 aliphatic rings. The lowest BCUT2D eigenvalue weighted by Crippen LogP contribution is -2.45. The maximum absolute atomic E-state index is 12.1. The van der Waals surface area contributed by atoms with Gasteiger partial charge in [0.25, 0.3) is 5.91 Å². The van der Waals surface area contributed by atoms with Gasteiger partial charge in [-0.05, 0) is 37.1 Å². The highest BCUT2D eigenvalue weighted by atomic mass is 79.9. The van der Waals surface area contributed by atoms with Gasteiger partial charge in [-0.25, -0.2) is 4.79 Å². The van der Waals surface area contributed by atoms with Crippen molar-refractivity contribution in [1.29, 1.82) is 0 Å². The number of carbonyl (C=O) groups excluding carboxylic acids is 3. The molecule has 21 heavy (non-hydrogen) atoms. The third-order valence-corrected chi connectivity index (χ3v) is 3.26. The zero-order valence-electron chi connectivity index (χ0n) is 12.2. The Kier molecular flexibility index (Phi) is 6.55. The van der Waals surface area contributed by atoms with Crippen LogP contribution in [0.25, 0.3) is 0 Å². The largest absolute Gasteiger partial charge is 0.456 e. The van der Waals surface area contributed by atoms with Crippen molar-refractivity contribution < 1.29 is 19.1 Å². The van der Waals surface area contributed by atoms with E-state index in [1.165, 1.54) is 6.92 Å². The standard InChI is InChI=1S/C15H18BrNO4/c1-9(2)13(15(20)21-8-10(3)18)17-14(19)11-4-6-12(16)7-5-11/h4-7,9,13H,8H2,1-3H3,(H,17,19)/t13-/m0/s1. The van der Waals surface area contributed by atoms with Crippen molar-refractivity contribution >= 4 is 33.6 Å². The number of ketones is 1. The van der Waals surface area contributed by atoms with E-state index in [-0.39, 0.29) is 24.2 Å². The Morgan fingerprint density at radius 3 is 2.24 bits per heavy atom. The summed E-state index contributed by atoms with van der Waals surface area (Å²) >= 11 is 3.29. The number of nitrogens with one attached hydrogen (secondary N) is 1. The highest BCUT2D eigenvalue weighted by Crippen LogP contribution is 2.11. The molecule has 0 aliphatic heterocycles. The molecular weight excluding hydrogens is 338 g/mol. The highest BCUT2D eigenvalue weighted by molar-refractivity contribution is 9.10. The fourth-order valence-electron chi connectivity index (χ4n) is 1.59. The first-order valence-electron chi connectivity index (χ1n) is 6.53. The second-order valence-corrected chi connectivity index (χ2v) is 5.93. The molecule has 0 saturated heterocycles. The van der Waals surface area contributed by atoms with Gasteiger partial charge in [0.1, 0.15) is 12.6 Å². The summed E-state index contributed by atoms with van der Waals surface area (Å²) in [6.45, 7) is 4.64. The number of halogens is 1. The van der Waals surface area contributed by atoms with Gasteiger partial charge in [-0.3, -0.25) is 9.59 Å². The minimum Gasteiger partial charge on any atom is -0.456 e. The molecule has 6 heteroatoms. The van der Waals surface area contributed by atoms with Crippen LogP contribution >= 0.6 is 15.9 Å². The number of esters is 1. The average molecular weight is 356 g/mol. The summed E-state index contributed by atoms with van der Waals surface area (Å²) in [6, 6.07) is 6.00. The van der Waals surface area contributed by atoms with Crippen molar-refractivity contribution in [1.82, 2.24) is 5.32 Å². The topological polar surface area (TPSA) is 72.5 Å². The van der Waals surface area contributed by atoms with Crippen LogP contribution in [0.5, 0.6) is 0 Å². The molecule has 0 bridgehead atoms. The van der Waals surface area contributed by atoms with E-state index >= 15 is 0 Å². The predicted octanol–water partition coefficient (Wildman–Crippen LogP) is 2.34. The fraction of sp³-hybridized carbons (Fsp3) is 0.400. The smallest absolute Gasteiger partial charge is 0.329 e. The van der Waals surface area contributed by atoms with Gasteiger partial charge in [0.2, 0.25) is 0 Å². The van der Waals surface area contributed by atoms with Gasteiger partial charge >= 0.3 is 5.97 Å². The zero-order chi connectivity index (χ0) is 16.0. The summed E-state index contributed by atoms with van der Waals surface area (Å²) in [5.74, 6) is -1.36. The summed E-state index contributed by atoms with van der Waals surface area (Å²) in [4.78, 5) is 34.9. The van der Waals surface area contributed by atoms with Crippen molar-refractivity contribution in [2.24, 2.45) is 5.92 Å². The van der Waals surface area contributed by atoms with Gasteiger partial charge < -0.3 is 10.1 Å². The van der Waals surface area contributed by atoms with Crippen molar-refractivity contribution in [3.05, 3.63) is 34.3 Å². The first kappa shape index (κ1) is 17.4. The van der Waals surface area contributed by atoms with Crippen LogP contribution in [0, 0.1) is 5.92 Å². The van der Waals surface area contributed by atoms with Gasteiger partial charge in [-0.1, -0.05) is 29.8 Å². The molecule has 1 rings (SSSR count). The number of carbonyl (C=O) groups is 3. The van der Waals surface area contributed by atoms with Crippen LogP contribution < -0.4 is 5.32 Å². The second kappa shape index (κ2) is 7.93. The third kappa shape index (κ3) is 5.67. The Balaban J connectivity index is 2.73. The van der Waals surface area contributed by atoms with Crippen LogP contribution in [0.4, 0.5) is 0 Å². The average Bonchev–Trinajstić information content (AvgIpc) is 2.42. The molecule has 0 unspecified atom stereocenters. The molecule has 0 spiro atoms. The van der Waals surface area contributed by atoms with Crippen LogP contribution in [0.15, 0.2) is 28.7 Å². The Morgan fingerprint density at radius 2 is 1.76 bits per heavy atom. The number of hydrogen-bond acceptors (Lipinski definition) is 4. The Labute approximate surface area is 132 Å². The molecule has 1 aromatic rings. The van der Waals surface area contributed by atoms with Gasteiger partial charge in [-0.15, -0.1) is 0 Å². The molecule has 0 aliphatic carbocycles. The lowest BCUT2D eigenvalue weighted by molar-refractivity contribution is -0.150. The number of Topliss-reactive ketones (excluding diaryl/α,β-unsaturated/α-hetero) is 1. The molecule has 1 aromatic carbocycles. The van der Waals surface area contributed by atoms with Gasteiger partial charge in [0.15, 0.2) is 5.78 Å². The summed E-state index contributed by atoms with van der Waals surface area (Å²) < 4.78 is 5.73. The Morgan fingerprint density at radius 1 is 1.19 bits per heavy atom. The Hall–Kier alpha value is -1.69. The molecule has 1 atom stereocenters. The van der Waals surface area contributed by atoms with E-state index in [1.807, 2.05) is 0 Å². The van der Waals surface area contributed by atoms with Gasteiger partial charge in [0.05, 0.1) is 0 Å². The molecule has 0 heterocycles. The van der Waals surface area contributed by atoms with Crippen LogP contribution in [0.2, 0.25) is 0 Å². The lowest BCUT2D eigenvalue weighted by atomic mass is 10.0. The lowest BCUT2D eigenvalue weighted by Gasteiger charge is -2.20. The normalized spacial score (nSPS) is 11.9. The third-order valence-electron chi connectivity index (χ3n) is 2.73. The number of ether oxygens (including phenoxy) is 1. The highest BCUT2D eigenvalue weighted by Gasteiger charge is 2.26. The molecule has 0 saturated carbocycles. The summed E-state index contributed by atoms with van der Waals surface area (Å²) in [5, 5.41) is 2.64. The molecule has 1 amide bonds. The first-order valence-corrected chi connectivity index (χ1v) is 7.33. The van der Waals surface area contributed by atoms with E-state index in [1.54, 1.807) is 38.1 Å². The molecule has 0 fully saturated rings. The number of benzene rings is 1. The first-order chi connectivity index (χ1) is 9.81. The monoisotopic (exact) mass is 355 g/mol. The molecular formula is C15H18BrNO4. The van der Waals surface area contributed by atoms with E-state index in [2.05, 4.69) is 21.2 Å². The summed E-state index contributed by atoms with van der Waals surface area (Å²) in [5.41, 5.74) is 0.447. The maximum atomic E-state index is 12.1. The fourth-order valence-corrected chi connectivity index (χ4v) is 1.85. The van der Waals surface area contributed by atoms with Crippen molar-refractivity contribution in [3.8, 4) is 0 Å². The quantitative estimate of drug-likeness (QED) is 0.794. The molecule has 5 nitrogen and oxygen atoms in total. The van der Waals surface area contributed by atoms with Crippen molar-refractivity contribution in [2.75, 3.05) is 6.61 Å². The SMILES string of the molecule is CC(=O)COC(=O)[C@@H](NC(=O)c1ccc(Br)cc1)C(C)C. The van der Waals surface area contributed by atoms with Crippen molar-refractivity contribution in [2.45, 2.75) is 26.8 Å². The van der Waals surface area contributed by atoms with Crippen LogP contribution in [-0.4, -0.2) is 30.3 Å². The minimum absolute atomic E-state index is 0.149. The van der Waals surface area contributed by atoms with Gasteiger partial charge in [-0.2, -0.15) is 0 Å².